The van der Waals surface area contributed by atoms with Gasteiger partial charge in [-0.25, -0.2) is 0 Å². The third-order valence-electron chi connectivity index (χ3n) is 3.46. The van der Waals surface area contributed by atoms with Crippen molar-refractivity contribution in [2.45, 2.75) is 27.2 Å². The van der Waals surface area contributed by atoms with E-state index in [0.717, 1.165) is 17.8 Å². The van der Waals surface area contributed by atoms with Crippen LogP contribution in [-0.4, -0.2) is 20.6 Å². The fraction of sp³-hybridized carbons (Fsp3) is 0.333. The number of hydrogen-bond donors (Lipinski definition) is 0. The number of benzene rings is 1. The lowest BCUT2D eigenvalue weighted by atomic mass is 9.95. The molecule has 1 aromatic carbocycles. The van der Waals surface area contributed by atoms with Gasteiger partial charge in [0.25, 0.3) is 0 Å². The van der Waals surface area contributed by atoms with Crippen LogP contribution in [0.4, 0.5) is 0 Å². The maximum Gasteiger partial charge on any atom is 0.119 e. The first-order chi connectivity index (χ1) is 7.68. The molecule has 0 N–H and O–H groups in total. The second-order valence-electron chi connectivity index (χ2n) is 4.33. The highest BCUT2D eigenvalue weighted by Crippen LogP contribution is 2.37. The molecule has 4 nitrogen and oxygen atoms in total. The Kier molecular flexibility index (Phi) is 1.80. The first-order valence-electron chi connectivity index (χ1n) is 5.33. The highest BCUT2D eigenvalue weighted by molar-refractivity contribution is 5.76. The van der Waals surface area contributed by atoms with Gasteiger partial charge >= 0.3 is 0 Å². The molecule has 0 fully saturated rings. The Hall–Kier alpha value is -1.84. The van der Waals surface area contributed by atoms with E-state index >= 15 is 0 Å². The third-order valence-corrected chi connectivity index (χ3v) is 3.46. The first kappa shape index (κ1) is 9.39. The largest absolute Gasteiger partial charge is 0.131 e. The number of nitrogens with zero attached hydrogens (tertiary/aromatic N) is 4. The second-order valence-corrected chi connectivity index (χ2v) is 4.33. The average Bonchev–Trinajstić information content (AvgIpc) is 2.64. The molecule has 0 bridgehead atoms. The number of fused-ring (bicyclic) bond motifs is 3. The van der Waals surface area contributed by atoms with E-state index in [9.17, 15) is 0 Å². The van der Waals surface area contributed by atoms with Crippen LogP contribution in [0.25, 0.3) is 11.3 Å². The van der Waals surface area contributed by atoms with Gasteiger partial charge in [0.2, 0.25) is 0 Å². The molecular formula is C12H12N4. The minimum absolute atomic E-state index is 0.829. The molecule has 0 amide bonds. The Balaban J connectivity index is 2.36. The highest BCUT2D eigenvalue weighted by Gasteiger charge is 2.25. The second kappa shape index (κ2) is 3.07. The summed E-state index contributed by atoms with van der Waals surface area (Å²) >= 11 is 0. The molecule has 0 aliphatic heterocycles. The summed E-state index contributed by atoms with van der Waals surface area (Å²) in [6, 6.07) is 2.22. The van der Waals surface area contributed by atoms with E-state index in [0.29, 0.717) is 0 Å². The van der Waals surface area contributed by atoms with E-state index in [4.69, 9.17) is 0 Å². The van der Waals surface area contributed by atoms with Crippen LogP contribution in [0.15, 0.2) is 6.07 Å². The standard InChI is InChI=1S/C12H12N4/c1-6-4-9-5-10-12(14-16-15-13-10)11(9)8(3)7(6)2/h4H,5H2,1-3H3. The van der Waals surface area contributed by atoms with Gasteiger partial charge in [-0.3, -0.25) is 0 Å². The molecule has 16 heavy (non-hydrogen) atoms. The molecule has 0 saturated carbocycles. The smallest absolute Gasteiger partial charge is 0.119 e. The molecule has 4 heteroatoms. The summed E-state index contributed by atoms with van der Waals surface area (Å²) in [7, 11) is 0. The fourth-order valence-corrected chi connectivity index (χ4v) is 2.37. The SMILES string of the molecule is Cc1cc2c(c(C)c1C)-c1nnnnc1C2. The lowest BCUT2D eigenvalue weighted by molar-refractivity contribution is 0.746. The van der Waals surface area contributed by atoms with E-state index in [1.165, 1.54) is 27.8 Å². The molecule has 0 unspecified atom stereocenters. The van der Waals surface area contributed by atoms with Crippen molar-refractivity contribution in [1.82, 2.24) is 20.6 Å². The molecule has 1 heterocycles. The summed E-state index contributed by atoms with van der Waals surface area (Å²) < 4.78 is 0. The van der Waals surface area contributed by atoms with Crippen LogP contribution in [0.1, 0.15) is 27.9 Å². The van der Waals surface area contributed by atoms with Crippen LogP contribution >= 0.6 is 0 Å². The predicted molar refractivity (Wildman–Crippen MR) is 60.1 cm³/mol. The van der Waals surface area contributed by atoms with Crippen LogP contribution in [0, 0.1) is 20.8 Å². The van der Waals surface area contributed by atoms with Gasteiger partial charge in [0.05, 0.1) is 5.69 Å². The average molecular weight is 212 g/mol. The Morgan fingerprint density at radius 3 is 2.56 bits per heavy atom. The molecule has 80 valence electrons. The monoisotopic (exact) mass is 212 g/mol. The number of hydrogen-bond acceptors (Lipinski definition) is 4. The lowest BCUT2D eigenvalue weighted by Gasteiger charge is -2.10. The summed E-state index contributed by atoms with van der Waals surface area (Å²) in [6.07, 6.45) is 0.829. The van der Waals surface area contributed by atoms with E-state index in [-0.39, 0.29) is 0 Å². The molecule has 0 radical (unpaired) electrons. The normalized spacial score (nSPS) is 12.4. The van der Waals surface area contributed by atoms with Crippen LogP contribution in [0.2, 0.25) is 0 Å². The summed E-state index contributed by atoms with van der Waals surface area (Å²) in [6.45, 7) is 6.42. The van der Waals surface area contributed by atoms with Gasteiger partial charge in [-0.05, 0) is 53.5 Å². The summed E-state index contributed by atoms with van der Waals surface area (Å²) in [5.74, 6) is 0. The highest BCUT2D eigenvalue weighted by atomic mass is 15.4. The fourth-order valence-electron chi connectivity index (χ4n) is 2.37. The van der Waals surface area contributed by atoms with Crippen molar-refractivity contribution in [1.29, 1.82) is 0 Å². The van der Waals surface area contributed by atoms with Crippen LogP contribution in [-0.2, 0) is 6.42 Å². The van der Waals surface area contributed by atoms with E-state index in [1.807, 2.05) is 0 Å². The zero-order chi connectivity index (χ0) is 11.3. The maximum absolute atomic E-state index is 4.11. The van der Waals surface area contributed by atoms with Crippen molar-refractivity contribution >= 4 is 0 Å². The van der Waals surface area contributed by atoms with E-state index < -0.39 is 0 Å². The minimum atomic E-state index is 0.829. The predicted octanol–water partition coefficient (Wildman–Crippen LogP) is 1.76. The van der Waals surface area contributed by atoms with Crippen molar-refractivity contribution in [3.63, 3.8) is 0 Å². The van der Waals surface area contributed by atoms with Crippen molar-refractivity contribution in [2.75, 3.05) is 0 Å². The minimum Gasteiger partial charge on any atom is -0.131 e. The van der Waals surface area contributed by atoms with Crippen molar-refractivity contribution in [2.24, 2.45) is 0 Å². The van der Waals surface area contributed by atoms with Crippen LogP contribution in [0.5, 0.6) is 0 Å². The quantitative estimate of drug-likeness (QED) is 0.569. The summed E-state index contributed by atoms with van der Waals surface area (Å²) in [5, 5.41) is 15.4. The Morgan fingerprint density at radius 1 is 1.00 bits per heavy atom. The first-order valence-corrected chi connectivity index (χ1v) is 5.33. The van der Waals surface area contributed by atoms with Gasteiger partial charge in [0, 0.05) is 12.0 Å². The molecule has 1 aliphatic carbocycles. The molecule has 0 saturated heterocycles. The summed E-state index contributed by atoms with van der Waals surface area (Å²) in [5.41, 5.74) is 8.29. The Morgan fingerprint density at radius 2 is 1.75 bits per heavy atom. The maximum atomic E-state index is 4.11. The topological polar surface area (TPSA) is 51.6 Å². The van der Waals surface area contributed by atoms with Gasteiger partial charge in [-0.2, -0.15) is 0 Å². The number of rotatable bonds is 0. The molecule has 2 aromatic rings. The zero-order valence-corrected chi connectivity index (χ0v) is 9.57. The zero-order valence-electron chi connectivity index (χ0n) is 9.57. The number of aryl methyl sites for hydroxylation is 1. The van der Waals surface area contributed by atoms with Gasteiger partial charge in [0.1, 0.15) is 5.69 Å². The van der Waals surface area contributed by atoms with Crippen molar-refractivity contribution in [3.8, 4) is 11.3 Å². The van der Waals surface area contributed by atoms with Gasteiger partial charge in [-0.15, -0.1) is 10.2 Å². The molecule has 3 rings (SSSR count). The Bertz CT molecular complexity index is 590. The number of aromatic nitrogens is 4. The van der Waals surface area contributed by atoms with Crippen molar-refractivity contribution < 1.29 is 0 Å². The van der Waals surface area contributed by atoms with Crippen molar-refractivity contribution in [3.05, 3.63) is 34.0 Å². The third kappa shape index (κ3) is 1.10. The molecular weight excluding hydrogens is 200 g/mol. The van der Waals surface area contributed by atoms with Gasteiger partial charge < -0.3 is 0 Å². The lowest BCUT2D eigenvalue weighted by Crippen LogP contribution is -1.97. The molecule has 1 aliphatic rings. The molecule has 0 spiro atoms. The van der Waals surface area contributed by atoms with E-state index in [2.05, 4.69) is 47.5 Å². The molecule has 0 atom stereocenters. The molecule has 1 aromatic heterocycles. The van der Waals surface area contributed by atoms with Gasteiger partial charge in [-0.1, -0.05) is 6.07 Å². The van der Waals surface area contributed by atoms with Crippen LogP contribution < -0.4 is 0 Å². The Labute approximate surface area is 93.7 Å². The van der Waals surface area contributed by atoms with Gasteiger partial charge in [0.15, 0.2) is 0 Å². The van der Waals surface area contributed by atoms with Crippen LogP contribution in [0.3, 0.4) is 0 Å². The van der Waals surface area contributed by atoms with E-state index in [1.54, 1.807) is 0 Å². The summed E-state index contributed by atoms with van der Waals surface area (Å²) in [4.78, 5) is 0.